The highest BCUT2D eigenvalue weighted by Crippen LogP contribution is 2.45. The minimum atomic E-state index is 0.531. The lowest BCUT2D eigenvalue weighted by Gasteiger charge is -2.15. The lowest BCUT2D eigenvalue weighted by Crippen LogP contribution is -2.25. The van der Waals surface area contributed by atoms with E-state index in [9.17, 15) is 0 Å². The molecule has 3 aromatic carbocycles. The first-order chi connectivity index (χ1) is 18.7. The summed E-state index contributed by atoms with van der Waals surface area (Å²) in [4.78, 5) is 3.65. The van der Waals surface area contributed by atoms with Crippen LogP contribution in [-0.4, -0.2) is 31.1 Å². The van der Waals surface area contributed by atoms with Crippen LogP contribution in [0.15, 0.2) is 66.7 Å². The minimum absolute atomic E-state index is 0.531. The van der Waals surface area contributed by atoms with E-state index in [2.05, 4.69) is 78.6 Å². The fraction of sp³-hybridized carbons (Fsp3) is 0.382. The monoisotopic (exact) mass is 524 g/mol. The van der Waals surface area contributed by atoms with E-state index in [1.807, 2.05) is 0 Å². The van der Waals surface area contributed by atoms with Crippen LogP contribution in [0.5, 0.6) is 11.5 Å². The van der Waals surface area contributed by atoms with Crippen molar-refractivity contribution in [2.75, 3.05) is 26.2 Å². The van der Waals surface area contributed by atoms with E-state index in [1.165, 1.54) is 84.1 Å². The molecule has 0 bridgehead atoms. The number of ether oxygens (including phenoxy) is 2. The molecule has 4 aromatic rings. The van der Waals surface area contributed by atoms with Crippen molar-refractivity contribution in [1.82, 2.24) is 4.90 Å². The molecule has 3 nitrogen and oxygen atoms in total. The standard InChI is InChI=1S/C34H38NO2S/c1-25-12-13-27(22-26-8-2-3-9-26)23-29(25)24-37-33-31-10-4-5-11-32(31)38-34(33)28-14-16-30(17-15-28)36-21-20-35-18-6-7-19-35/h4-5,10-17,23,26H,1-3,6-9,18-22,24H2. The van der Waals surface area contributed by atoms with Gasteiger partial charge in [-0.2, -0.15) is 0 Å². The van der Waals surface area contributed by atoms with Gasteiger partial charge in [0.25, 0.3) is 0 Å². The molecule has 1 aliphatic heterocycles. The zero-order valence-corrected chi connectivity index (χ0v) is 23.1. The fourth-order valence-corrected chi connectivity index (χ4v) is 7.15. The lowest BCUT2D eigenvalue weighted by atomic mass is 9.95. The summed E-state index contributed by atoms with van der Waals surface area (Å²) >= 11 is 1.79. The molecular weight excluding hydrogens is 486 g/mol. The molecule has 2 fully saturated rings. The van der Waals surface area contributed by atoms with E-state index in [0.29, 0.717) is 6.61 Å². The van der Waals surface area contributed by atoms with Crippen LogP contribution in [0.25, 0.3) is 20.5 Å². The first kappa shape index (κ1) is 25.5. The number of likely N-dealkylation sites (tertiary alicyclic amines) is 1. The van der Waals surface area contributed by atoms with E-state index < -0.39 is 0 Å². The van der Waals surface area contributed by atoms with Crippen molar-refractivity contribution in [3.63, 3.8) is 0 Å². The van der Waals surface area contributed by atoms with Crippen molar-refractivity contribution < 1.29 is 9.47 Å². The Labute approximate surface area is 231 Å². The van der Waals surface area contributed by atoms with Gasteiger partial charge in [-0.3, -0.25) is 4.90 Å². The summed E-state index contributed by atoms with van der Waals surface area (Å²) in [6, 6.07) is 23.8. The van der Waals surface area contributed by atoms with Gasteiger partial charge in [0.2, 0.25) is 0 Å². The predicted octanol–water partition coefficient (Wildman–Crippen LogP) is 8.54. The Balaban J connectivity index is 1.18. The third kappa shape index (κ3) is 5.92. The SMILES string of the molecule is [CH2]c1ccc(CC2CCCC2)cc1COc1c(-c2ccc(OCCN3CCCC3)cc2)sc2ccccc12. The Kier molecular flexibility index (Phi) is 7.99. The number of hydrogen-bond donors (Lipinski definition) is 0. The molecule has 0 N–H and O–H groups in total. The van der Waals surface area contributed by atoms with E-state index in [1.54, 1.807) is 11.3 Å². The Morgan fingerprint density at radius 2 is 1.66 bits per heavy atom. The van der Waals surface area contributed by atoms with Gasteiger partial charge in [-0.05, 0) is 104 Å². The molecule has 2 aliphatic rings. The topological polar surface area (TPSA) is 21.7 Å². The number of fused-ring (bicyclic) bond motifs is 1. The molecule has 0 amide bonds. The largest absolute Gasteiger partial charge is 0.492 e. The van der Waals surface area contributed by atoms with Crippen molar-refractivity contribution in [2.24, 2.45) is 5.92 Å². The highest BCUT2D eigenvalue weighted by Gasteiger charge is 2.18. The van der Waals surface area contributed by atoms with Crippen LogP contribution in [0.3, 0.4) is 0 Å². The van der Waals surface area contributed by atoms with E-state index in [0.717, 1.165) is 41.7 Å². The molecule has 1 saturated heterocycles. The number of rotatable bonds is 10. The molecule has 2 heterocycles. The lowest BCUT2D eigenvalue weighted by molar-refractivity contribution is 0.238. The summed E-state index contributed by atoms with van der Waals surface area (Å²) in [7, 11) is 0. The third-order valence-electron chi connectivity index (χ3n) is 8.18. The highest BCUT2D eigenvalue weighted by molar-refractivity contribution is 7.22. The van der Waals surface area contributed by atoms with E-state index >= 15 is 0 Å². The van der Waals surface area contributed by atoms with Crippen molar-refractivity contribution >= 4 is 21.4 Å². The van der Waals surface area contributed by atoms with Crippen LogP contribution in [0.1, 0.15) is 55.2 Å². The summed E-state index contributed by atoms with van der Waals surface area (Å²) in [6.45, 7) is 8.99. The summed E-state index contributed by atoms with van der Waals surface area (Å²) < 4.78 is 13.9. The first-order valence-corrected chi connectivity index (χ1v) is 15.1. The summed E-state index contributed by atoms with van der Waals surface area (Å²) in [5.41, 5.74) is 4.82. The van der Waals surface area contributed by atoms with Gasteiger partial charge in [-0.1, -0.05) is 56.0 Å². The van der Waals surface area contributed by atoms with Crippen molar-refractivity contribution in [2.45, 2.75) is 51.6 Å². The number of nitrogens with zero attached hydrogens (tertiary/aromatic N) is 1. The Hall–Kier alpha value is -2.82. The number of thiophene rings is 1. The van der Waals surface area contributed by atoms with Crippen LogP contribution in [-0.2, 0) is 13.0 Å². The van der Waals surface area contributed by atoms with Crippen LogP contribution >= 0.6 is 11.3 Å². The average Bonchev–Trinajstić information content (AvgIpc) is 3.71. The molecule has 1 saturated carbocycles. The molecule has 0 unspecified atom stereocenters. The van der Waals surface area contributed by atoms with Crippen LogP contribution < -0.4 is 9.47 Å². The van der Waals surface area contributed by atoms with Crippen molar-refractivity contribution in [1.29, 1.82) is 0 Å². The summed E-state index contributed by atoms with van der Waals surface area (Å²) in [6.07, 6.45) is 9.30. The molecule has 1 aromatic heterocycles. The Morgan fingerprint density at radius 3 is 2.47 bits per heavy atom. The smallest absolute Gasteiger partial charge is 0.146 e. The molecule has 0 spiro atoms. The van der Waals surface area contributed by atoms with Crippen LogP contribution in [0, 0.1) is 12.8 Å². The van der Waals surface area contributed by atoms with Gasteiger partial charge in [0.15, 0.2) is 0 Å². The van der Waals surface area contributed by atoms with Crippen molar-refractivity contribution in [3.05, 3.63) is 90.3 Å². The van der Waals surface area contributed by atoms with E-state index in [-0.39, 0.29) is 0 Å². The maximum Gasteiger partial charge on any atom is 0.146 e. The Morgan fingerprint density at radius 1 is 0.868 bits per heavy atom. The normalized spacial score (nSPS) is 16.4. The molecule has 4 heteroatoms. The quantitative estimate of drug-likeness (QED) is 0.207. The van der Waals surface area contributed by atoms with Gasteiger partial charge in [0.05, 0.1) is 4.88 Å². The second-order valence-electron chi connectivity index (χ2n) is 10.9. The summed E-state index contributed by atoms with van der Waals surface area (Å²) in [5, 5.41) is 1.17. The van der Waals surface area contributed by atoms with E-state index in [4.69, 9.17) is 9.47 Å². The van der Waals surface area contributed by atoms with Gasteiger partial charge < -0.3 is 9.47 Å². The second kappa shape index (κ2) is 11.9. The molecular formula is C34H38NO2S. The van der Waals surface area contributed by atoms with Gasteiger partial charge in [0.1, 0.15) is 24.7 Å². The van der Waals surface area contributed by atoms with Gasteiger partial charge in [0, 0.05) is 16.6 Å². The zero-order chi connectivity index (χ0) is 25.7. The molecule has 6 rings (SSSR count). The van der Waals surface area contributed by atoms with Gasteiger partial charge in [-0.15, -0.1) is 11.3 Å². The van der Waals surface area contributed by atoms with Crippen LogP contribution in [0.4, 0.5) is 0 Å². The molecule has 0 atom stereocenters. The Bertz CT molecular complexity index is 1350. The van der Waals surface area contributed by atoms with Gasteiger partial charge in [-0.25, -0.2) is 0 Å². The predicted molar refractivity (Wildman–Crippen MR) is 159 cm³/mol. The maximum atomic E-state index is 6.62. The van der Waals surface area contributed by atoms with Crippen molar-refractivity contribution in [3.8, 4) is 21.9 Å². The first-order valence-electron chi connectivity index (χ1n) is 14.3. The second-order valence-corrected chi connectivity index (χ2v) is 12.0. The number of benzene rings is 3. The average molecular weight is 525 g/mol. The molecule has 38 heavy (non-hydrogen) atoms. The van der Waals surface area contributed by atoms with Gasteiger partial charge >= 0.3 is 0 Å². The highest BCUT2D eigenvalue weighted by atomic mass is 32.1. The summed E-state index contributed by atoms with van der Waals surface area (Å²) in [5.74, 6) is 2.73. The molecule has 1 radical (unpaired) electrons. The number of hydrogen-bond acceptors (Lipinski definition) is 4. The minimum Gasteiger partial charge on any atom is -0.492 e. The molecule has 1 aliphatic carbocycles. The fourth-order valence-electron chi connectivity index (χ4n) is 5.99. The maximum absolute atomic E-state index is 6.62. The van der Waals surface area contributed by atoms with Crippen LogP contribution in [0.2, 0.25) is 0 Å². The zero-order valence-electron chi connectivity index (χ0n) is 22.3. The third-order valence-corrected chi connectivity index (χ3v) is 9.38. The molecule has 197 valence electrons.